The molecule has 16 heteroatoms. The monoisotopic (exact) mass is 880 g/mol. The van der Waals surface area contributed by atoms with Crippen molar-refractivity contribution in [3.63, 3.8) is 0 Å². The van der Waals surface area contributed by atoms with Crippen LogP contribution in [0.5, 0.6) is 17.2 Å². The van der Waals surface area contributed by atoms with Crippen LogP contribution in [-0.2, 0) is 16.1 Å². The maximum Gasteiger partial charge on any atom is 0.271 e. The van der Waals surface area contributed by atoms with Gasteiger partial charge in [-0.3, -0.25) is 29.4 Å². The maximum atomic E-state index is 13.5. The van der Waals surface area contributed by atoms with E-state index in [-0.39, 0.29) is 54.6 Å². The summed E-state index contributed by atoms with van der Waals surface area (Å²) in [5, 5.41) is 15.1. The number of halogens is 1. The molecule has 0 radical (unpaired) electrons. The first-order valence-electron chi connectivity index (χ1n) is 22.0. The molecule has 334 valence electrons. The van der Waals surface area contributed by atoms with Crippen LogP contribution in [-0.4, -0.2) is 107 Å². The lowest BCUT2D eigenvalue weighted by atomic mass is 9.49. The van der Waals surface area contributed by atoms with Crippen LogP contribution in [0.25, 0.3) is 0 Å². The summed E-state index contributed by atoms with van der Waals surface area (Å²) in [4.78, 5) is 66.7. The number of ether oxygens (including phenoxy) is 3. The van der Waals surface area contributed by atoms with Crippen LogP contribution in [0.3, 0.4) is 0 Å². The number of benzene rings is 2. The second kappa shape index (κ2) is 17.3. The van der Waals surface area contributed by atoms with E-state index in [9.17, 15) is 24.4 Å². The third-order valence-electron chi connectivity index (χ3n) is 14.0. The van der Waals surface area contributed by atoms with Crippen LogP contribution in [0.1, 0.15) is 112 Å². The first-order chi connectivity index (χ1) is 30.0. The molecule has 2 aliphatic carbocycles. The smallest absolute Gasteiger partial charge is 0.271 e. The maximum absolute atomic E-state index is 13.5. The lowest BCUT2D eigenvalue weighted by Crippen LogP contribution is -2.74. The fraction of sp³-hybridized carbons (Fsp3) is 0.553. The Balaban J connectivity index is 0.804. The fourth-order valence-electron chi connectivity index (χ4n) is 10.8. The molecule has 3 aromatic rings. The number of hydrogen-bond donors (Lipinski definition) is 2. The van der Waals surface area contributed by atoms with Gasteiger partial charge in [0.25, 0.3) is 11.8 Å². The number of aromatic nitrogens is 2. The minimum absolute atomic E-state index is 0.00907. The molecule has 2 saturated carbocycles. The number of nitrogens with zero attached hydrogens (tertiary/aromatic N) is 6. The highest BCUT2D eigenvalue weighted by Gasteiger charge is 2.64. The Bertz CT molecular complexity index is 2300. The van der Waals surface area contributed by atoms with Gasteiger partial charge in [-0.25, -0.2) is 9.97 Å². The van der Waals surface area contributed by atoms with Crippen molar-refractivity contribution in [1.82, 2.24) is 30.4 Å². The largest absolute Gasteiger partial charge is 0.492 e. The number of carbonyl (C=O) groups excluding carboxylic acids is 4. The Morgan fingerprint density at radius 3 is 2.38 bits per heavy atom. The SMILES string of the molecule is COc1c(OC2CC(N(CC3CCN(c4cnc(C(=O)NC5C(C)(C)C(Oc6ccc(C#N)c(Cl)c6)C5(C)C)cn4)CC3)C(C)C)C2)ccc2c1CN([C@@H]1CCC(=O)NC1=O)C2=O. The van der Waals surface area contributed by atoms with Crippen molar-refractivity contribution in [2.75, 3.05) is 31.6 Å². The van der Waals surface area contributed by atoms with Gasteiger partial charge in [0.15, 0.2) is 11.5 Å². The first-order valence-corrected chi connectivity index (χ1v) is 22.4. The topological polar surface area (TPSA) is 179 Å². The normalized spacial score (nSPS) is 25.2. The molecule has 2 saturated heterocycles. The molecule has 0 unspecified atom stereocenters. The van der Waals surface area contributed by atoms with E-state index in [2.05, 4.69) is 78.0 Å². The molecule has 4 heterocycles. The third-order valence-corrected chi connectivity index (χ3v) is 14.4. The summed E-state index contributed by atoms with van der Waals surface area (Å²) in [6, 6.07) is 10.5. The zero-order chi connectivity index (χ0) is 45.0. The van der Waals surface area contributed by atoms with E-state index in [1.807, 2.05) is 0 Å². The van der Waals surface area contributed by atoms with Gasteiger partial charge >= 0.3 is 0 Å². The van der Waals surface area contributed by atoms with E-state index in [1.165, 1.54) is 4.90 Å². The van der Waals surface area contributed by atoms with Crippen LogP contribution in [0, 0.1) is 28.1 Å². The van der Waals surface area contributed by atoms with Gasteiger partial charge in [-0.05, 0) is 63.3 Å². The number of nitrogens with one attached hydrogen (secondary N) is 2. The van der Waals surface area contributed by atoms with Crippen molar-refractivity contribution in [2.45, 2.75) is 123 Å². The van der Waals surface area contributed by atoms with E-state index in [1.54, 1.807) is 49.8 Å². The predicted octanol–water partition coefficient (Wildman–Crippen LogP) is 5.92. The van der Waals surface area contributed by atoms with Gasteiger partial charge in [0.05, 0.1) is 36.6 Å². The minimum Gasteiger partial charge on any atom is -0.492 e. The number of piperidine rings is 2. The Kier molecular flexibility index (Phi) is 12.1. The standard InChI is InChI=1S/C47H57ClN8O7/c1-26(2)55(29-18-31(19-29)62-37-12-10-32-33(40(37)61-7)25-56(43(32)60)36-11-13-39(57)52-42(36)59)24-27-14-16-54(17-15-27)38-23-50-35(22-51-38)41(58)53-44-46(3,4)45(47(44,5)6)63-30-9-8-28(21-49)34(48)20-30/h8-10,12,20,22-23,26-27,29,31,36,44-45H,11,13-19,24-25H2,1-7H3,(H,53,58)(H,52,57,59)/t29?,31?,36-,44?,45?/m1/s1. The molecule has 1 aromatic heterocycles. The molecule has 0 spiro atoms. The lowest BCUT2D eigenvalue weighted by Gasteiger charge is -2.63. The number of methoxy groups -OCH3 is 1. The number of nitriles is 1. The summed E-state index contributed by atoms with van der Waals surface area (Å²) >= 11 is 6.26. The quantitative estimate of drug-likeness (QED) is 0.194. The van der Waals surface area contributed by atoms with Crippen molar-refractivity contribution in [3.8, 4) is 23.3 Å². The molecule has 2 aromatic carbocycles. The van der Waals surface area contributed by atoms with Gasteiger partial charge < -0.3 is 29.3 Å². The molecule has 5 aliphatic rings. The summed E-state index contributed by atoms with van der Waals surface area (Å²) in [5.41, 5.74) is 1.05. The minimum atomic E-state index is -0.696. The highest BCUT2D eigenvalue weighted by Crippen LogP contribution is 2.55. The highest BCUT2D eigenvalue weighted by molar-refractivity contribution is 6.31. The molecule has 4 amide bonds. The van der Waals surface area contributed by atoms with Crippen molar-refractivity contribution in [2.24, 2.45) is 16.7 Å². The van der Waals surface area contributed by atoms with Crippen LogP contribution < -0.4 is 29.7 Å². The Morgan fingerprint density at radius 2 is 1.76 bits per heavy atom. The molecular formula is C47H57ClN8O7. The number of fused-ring (bicyclic) bond motifs is 1. The molecule has 0 bridgehead atoms. The molecule has 8 rings (SSSR count). The Morgan fingerprint density at radius 1 is 1.03 bits per heavy atom. The predicted molar refractivity (Wildman–Crippen MR) is 235 cm³/mol. The summed E-state index contributed by atoms with van der Waals surface area (Å²) in [6.45, 7) is 15.7. The van der Waals surface area contributed by atoms with Gasteiger partial charge in [0, 0.05) is 85.0 Å². The number of rotatable bonds is 13. The number of anilines is 1. The van der Waals surface area contributed by atoms with E-state index in [0.29, 0.717) is 63.4 Å². The van der Waals surface area contributed by atoms with Crippen LogP contribution >= 0.6 is 11.6 Å². The zero-order valence-corrected chi connectivity index (χ0v) is 37.8. The van der Waals surface area contributed by atoms with E-state index >= 15 is 0 Å². The van der Waals surface area contributed by atoms with E-state index in [0.717, 1.165) is 51.1 Å². The van der Waals surface area contributed by atoms with Gasteiger partial charge in [0.1, 0.15) is 41.6 Å². The molecule has 15 nitrogen and oxygen atoms in total. The molecule has 2 N–H and O–H groups in total. The molecular weight excluding hydrogens is 824 g/mol. The summed E-state index contributed by atoms with van der Waals surface area (Å²) < 4.78 is 18.7. The summed E-state index contributed by atoms with van der Waals surface area (Å²) in [7, 11) is 1.57. The second-order valence-corrected chi connectivity index (χ2v) is 19.6. The number of amides is 4. The Hall–Kier alpha value is -5.46. The van der Waals surface area contributed by atoms with Gasteiger partial charge in [-0.1, -0.05) is 39.3 Å². The van der Waals surface area contributed by atoms with Crippen molar-refractivity contribution in [1.29, 1.82) is 5.26 Å². The second-order valence-electron chi connectivity index (χ2n) is 19.2. The highest BCUT2D eigenvalue weighted by atomic mass is 35.5. The molecule has 3 aliphatic heterocycles. The van der Waals surface area contributed by atoms with Gasteiger partial charge in [-0.15, -0.1) is 0 Å². The van der Waals surface area contributed by atoms with Crippen molar-refractivity contribution >= 4 is 41.0 Å². The number of carbonyl (C=O) groups is 4. The zero-order valence-electron chi connectivity index (χ0n) is 37.1. The lowest BCUT2D eigenvalue weighted by molar-refractivity contribution is -0.164. The van der Waals surface area contributed by atoms with Gasteiger partial charge in [0.2, 0.25) is 11.8 Å². The van der Waals surface area contributed by atoms with Crippen LogP contribution in [0.15, 0.2) is 42.7 Å². The summed E-state index contributed by atoms with van der Waals surface area (Å²) in [6.07, 6.45) is 7.35. The average molecular weight is 881 g/mol. The molecule has 1 atom stereocenters. The third kappa shape index (κ3) is 8.40. The fourth-order valence-corrected chi connectivity index (χ4v) is 11.0. The first kappa shape index (κ1) is 44.2. The molecule has 4 fully saturated rings. The molecule has 63 heavy (non-hydrogen) atoms. The van der Waals surface area contributed by atoms with E-state index < -0.39 is 22.8 Å². The van der Waals surface area contributed by atoms with Crippen molar-refractivity contribution < 1.29 is 33.4 Å². The summed E-state index contributed by atoms with van der Waals surface area (Å²) in [5.74, 6) is 1.69. The van der Waals surface area contributed by atoms with Crippen LogP contribution in [0.4, 0.5) is 5.82 Å². The Labute approximate surface area is 373 Å². The van der Waals surface area contributed by atoms with Crippen LogP contribution in [0.2, 0.25) is 5.02 Å². The number of imide groups is 1. The van der Waals surface area contributed by atoms with E-state index in [4.69, 9.17) is 25.8 Å². The van der Waals surface area contributed by atoms with Crippen molar-refractivity contribution in [3.05, 3.63) is 70.1 Å². The average Bonchev–Trinajstić information content (AvgIpc) is 3.57. The number of hydrogen-bond acceptors (Lipinski definition) is 12. The van der Waals surface area contributed by atoms with Gasteiger partial charge in [-0.2, -0.15) is 5.26 Å².